The molecule has 0 aliphatic carbocycles. The Balaban J connectivity index is 2.04. The van der Waals surface area contributed by atoms with Gasteiger partial charge in [-0.25, -0.2) is 0 Å². The molecule has 0 unspecified atom stereocenters. The van der Waals surface area contributed by atoms with Crippen molar-refractivity contribution in [1.82, 2.24) is 0 Å². The number of carbonyl (C=O) groups excluding carboxylic acids is 1. The van der Waals surface area contributed by atoms with Crippen LogP contribution in [0.25, 0.3) is 0 Å². The van der Waals surface area contributed by atoms with Gasteiger partial charge in [0.2, 0.25) is 5.91 Å². The van der Waals surface area contributed by atoms with Gasteiger partial charge in [-0.2, -0.15) is 26.3 Å². The molecule has 0 saturated carbocycles. The van der Waals surface area contributed by atoms with Crippen LogP contribution in [0.2, 0.25) is 5.02 Å². The molecule has 0 radical (unpaired) electrons. The molecule has 0 saturated heterocycles. The molecule has 3 nitrogen and oxygen atoms in total. The number of nitrogens with one attached hydrogen (secondary N) is 2. The standard InChI is InChI=1S/C16H11ClF6N2O/c17-12-5-4-10(16(21,22)23)7-13(12)24-8-14(26)25-11-3-1-2-9(6-11)15(18,19)20/h1-7,24H,8H2,(H,25,26). The Morgan fingerprint density at radius 1 is 0.923 bits per heavy atom. The van der Waals surface area contributed by atoms with Crippen LogP contribution >= 0.6 is 11.6 Å². The van der Waals surface area contributed by atoms with Crippen molar-refractivity contribution >= 4 is 28.9 Å². The van der Waals surface area contributed by atoms with Crippen molar-refractivity contribution in [2.75, 3.05) is 17.2 Å². The van der Waals surface area contributed by atoms with Crippen molar-refractivity contribution < 1.29 is 31.1 Å². The van der Waals surface area contributed by atoms with E-state index in [1.807, 2.05) is 0 Å². The monoisotopic (exact) mass is 396 g/mol. The largest absolute Gasteiger partial charge is 0.416 e. The van der Waals surface area contributed by atoms with Gasteiger partial charge in [-0.3, -0.25) is 4.79 Å². The van der Waals surface area contributed by atoms with Crippen LogP contribution in [-0.4, -0.2) is 12.5 Å². The van der Waals surface area contributed by atoms with Crippen molar-refractivity contribution in [1.29, 1.82) is 0 Å². The molecule has 0 spiro atoms. The summed E-state index contributed by atoms with van der Waals surface area (Å²) in [5.74, 6) is -0.752. The van der Waals surface area contributed by atoms with Crippen molar-refractivity contribution in [2.45, 2.75) is 12.4 Å². The summed E-state index contributed by atoms with van der Waals surface area (Å²) in [5, 5.41) is 4.61. The Morgan fingerprint density at radius 3 is 2.15 bits per heavy atom. The average Bonchev–Trinajstić information content (AvgIpc) is 2.52. The maximum atomic E-state index is 12.7. The highest BCUT2D eigenvalue weighted by molar-refractivity contribution is 6.33. The summed E-state index contributed by atoms with van der Waals surface area (Å²) < 4.78 is 75.9. The first kappa shape index (κ1) is 19.9. The second-order valence-electron chi connectivity index (χ2n) is 5.17. The number of hydrogen-bond donors (Lipinski definition) is 2. The predicted octanol–water partition coefficient (Wildman–Crippen LogP) is 5.43. The highest BCUT2D eigenvalue weighted by Crippen LogP contribution is 2.34. The van der Waals surface area contributed by atoms with E-state index >= 15 is 0 Å². The Bertz CT molecular complexity index is 804. The Morgan fingerprint density at radius 2 is 1.54 bits per heavy atom. The normalized spacial score (nSPS) is 12.0. The molecule has 0 fully saturated rings. The summed E-state index contributed by atoms with van der Waals surface area (Å²) in [6.07, 6.45) is -9.15. The fourth-order valence-corrected chi connectivity index (χ4v) is 2.18. The van der Waals surface area contributed by atoms with E-state index in [2.05, 4.69) is 10.6 Å². The van der Waals surface area contributed by atoms with Gasteiger partial charge in [0.1, 0.15) is 0 Å². The third kappa shape index (κ3) is 5.29. The van der Waals surface area contributed by atoms with Gasteiger partial charge in [0.05, 0.1) is 28.4 Å². The zero-order valence-corrected chi connectivity index (χ0v) is 13.6. The molecule has 0 aliphatic rings. The fraction of sp³-hybridized carbons (Fsp3) is 0.188. The van der Waals surface area contributed by atoms with Crippen LogP contribution in [0.3, 0.4) is 0 Å². The quantitative estimate of drug-likeness (QED) is 0.677. The first-order valence-corrected chi connectivity index (χ1v) is 7.42. The highest BCUT2D eigenvalue weighted by Gasteiger charge is 2.31. The molecule has 0 bridgehead atoms. The van der Waals surface area contributed by atoms with E-state index < -0.39 is 35.9 Å². The van der Waals surface area contributed by atoms with E-state index in [0.29, 0.717) is 0 Å². The number of benzene rings is 2. The van der Waals surface area contributed by atoms with E-state index in [0.717, 1.165) is 36.4 Å². The van der Waals surface area contributed by atoms with Crippen LogP contribution in [0.4, 0.5) is 37.7 Å². The lowest BCUT2D eigenvalue weighted by atomic mass is 10.2. The molecule has 2 aromatic carbocycles. The number of halogens is 7. The van der Waals surface area contributed by atoms with Gasteiger partial charge in [0.25, 0.3) is 0 Å². The van der Waals surface area contributed by atoms with Crippen LogP contribution in [0.1, 0.15) is 11.1 Å². The maximum absolute atomic E-state index is 12.7. The Kier molecular flexibility index (Phi) is 5.70. The van der Waals surface area contributed by atoms with Crippen molar-refractivity contribution in [3.8, 4) is 0 Å². The zero-order chi connectivity index (χ0) is 19.5. The smallest absolute Gasteiger partial charge is 0.375 e. The van der Waals surface area contributed by atoms with Crippen molar-refractivity contribution in [2.24, 2.45) is 0 Å². The average molecular weight is 397 g/mol. The van der Waals surface area contributed by atoms with Gasteiger partial charge in [-0.05, 0) is 36.4 Å². The number of anilines is 2. The van der Waals surface area contributed by atoms with Crippen molar-refractivity contribution in [3.63, 3.8) is 0 Å². The summed E-state index contributed by atoms with van der Waals surface area (Å²) in [6.45, 7) is -0.489. The molecule has 1 amide bonds. The lowest BCUT2D eigenvalue weighted by Gasteiger charge is -2.13. The summed E-state index contributed by atoms with van der Waals surface area (Å²) in [4.78, 5) is 11.8. The molecule has 0 atom stereocenters. The topological polar surface area (TPSA) is 41.1 Å². The predicted molar refractivity (Wildman–Crippen MR) is 85.0 cm³/mol. The summed E-state index contributed by atoms with van der Waals surface area (Å²) in [5.41, 5.74) is -2.12. The number of carbonyl (C=O) groups is 1. The minimum Gasteiger partial charge on any atom is -0.375 e. The first-order chi connectivity index (χ1) is 12.0. The van der Waals surface area contributed by atoms with Gasteiger partial charge in [-0.1, -0.05) is 17.7 Å². The van der Waals surface area contributed by atoms with Gasteiger partial charge >= 0.3 is 12.4 Å². The highest BCUT2D eigenvalue weighted by atomic mass is 35.5. The summed E-state index contributed by atoms with van der Waals surface area (Å²) in [6, 6.07) is 6.51. The zero-order valence-electron chi connectivity index (χ0n) is 12.8. The van der Waals surface area contributed by atoms with Crippen molar-refractivity contribution in [3.05, 3.63) is 58.6 Å². The molecule has 0 heterocycles. The summed E-state index contributed by atoms with van der Waals surface area (Å²) >= 11 is 5.77. The lowest BCUT2D eigenvalue weighted by molar-refractivity contribution is -0.138. The van der Waals surface area contributed by atoms with E-state index in [1.165, 1.54) is 6.07 Å². The molecular formula is C16H11ClF6N2O. The fourth-order valence-electron chi connectivity index (χ4n) is 1.99. The van der Waals surface area contributed by atoms with E-state index in [4.69, 9.17) is 11.6 Å². The van der Waals surface area contributed by atoms with Crippen LogP contribution < -0.4 is 10.6 Å². The van der Waals surface area contributed by atoms with Gasteiger partial charge in [-0.15, -0.1) is 0 Å². The second kappa shape index (κ2) is 7.45. The van der Waals surface area contributed by atoms with Crippen LogP contribution in [0.5, 0.6) is 0 Å². The lowest BCUT2D eigenvalue weighted by Crippen LogP contribution is -2.22. The minimum atomic E-state index is -4.58. The molecule has 2 N–H and O–H groups in total. The molecular weight excluding hydrogens is 386 g/mol. The Labute approximate surface area is 149 Å². The number of hydrogen-bond acceptors (Lipinski definition) is 2. The SMILES string of the molecule is O=C(CNc1cc(C(F)(F)F)ccc1Cl)Nc1cccc(C(F)(F)F)c1. The molecule has 0 aromatic heterocycles. The Hall–Kier alpha value is -2.42. The number of alkyl halides is 6. The first-order valence-electron chi connectivity index (χ1n) is 7.04. The van der Waals surface area contributed by atoms with E-state index in [-0.39, 0.29) is 16.4 Å². The second-order valence-corrected chi connectivity index (χ2v) is 5.58. The third-order valence-electron chi connectivity index (χ3n) is 3.21. The molecule has 26 heavy (non-hydrogen) atoms. The van der Waals surface area contributed by atoms with E-state index in [1.54, 1.807) is 0 Å². The molecule has 140 valence electrons. The van der Waals surface area contributed by atoms with Gasteiger partial charge in [0, 0.05) is 5.69 Å². The van der Waals surface area contributed by atoms with E-state index in [9.17, 15) is 31.1 Å². The van der Waals surface area contributed by atoms with Gasteiger partial charge < -0.3 is 10.6 Å². The molecule has 2 aromatic rings. The molecule has 0 aliphatic heterocycles. The molecule has 10 heteroatoms. The number of rotatable bonds is 4. The third-order valence-corrected chi connectivity index (χ3v) is 3.54. The molecule has 2 rings (SSSR count). The summed E-state index contributed by atoms with van der Waals surface area (Å²) in [7, 11) is 0. The maximum Gasteiger partial charge on any atom is 0.416 e. The van der Waals surface area contributed by atoms with Crippen LogP contribution in [0.15, 0.2) is 42.5 Å². The van der Waals surface area contributed by atoms with Gasteiger partial charge in [0.15, 0.2) is 0 Å². The van der Waals surface area contributed by atoms with Crippen LogP contribution in [-0.2, 0) is 17.1 Å². The van der Waals surface area contributed by atoms with Crippen LogP contribution in [0, 0.1) is 0 Å². The number of amides is 1. The minimum absolute atomic E-state index is 0.0372.